The van der Waals surface area contributed by atoms with Crippen LogP contribution >= 0.6 is 0 Å². The van der Waals surface area contributed by atoms with Gasteiger partial charge in [-0.25, -0.2) is 0 Å². The summed E-state index contributed by atoms with van der Waals surface area (Å²) in [4.78, 5) is 27.9. The minimum atomic E-state index is -0.224. The Labute approximate surface area is 187 Å². The lowest BCUT2D eigenvalue weighted by Gasteiger charge is -2.22. The number of amides is 2. The van der Waals surface area contributed by atoms with Crippen molar-refractivity contribution in [1.82, 2.24) is 15.6 Å². The van der Waals surface area contributed by atoms with Gasteiger partial charge in [-0.2, -0.15) is 0 Å². The van der Waals surface area contributed by atoms with Gasteiger partial charge in [0, 0.05) is 41.0 Å². The third-order valence-electron chi connectivity index (χ3n) is 6.18. The van der Waals surface area contributed by atoms with Crippen molar-refractivity contribution in [3.05, 3.63) is 59.8 Å². The molecular weight excluding hydrogens is 406 g/mol. The summed E-state index contributed by atoms with van der Waals surface area (Å²) in [5.41, 5.74) is 2.97. The molecule has 0 radical (unpaired) electrons. The van der Waals surface area contributed by atoms with E-state index < -0.39 is 0 Å². The zero-order valence-corrected chi connectivity index (χ0v) is 18.6. The molecule has 0 spiro atoms. The van der Waals surface area contributed by atoms with Crippen molar-refractivity contribution in [2.75, 3.05) is 27.3 Å². The summed E-state index contributed by atoms with van der Waals surface area (Å²) in [5.74, 6) is 1.27. The molecule has 1 aliphatic rings. The second-order valence-electron chi connectivity index (χ2n) is 8.27. The fourth-order valence-electron chi connectivity index (χ4n) is 4.22. The van der Waals surface area contributed by atoms with Gasteiger partial charge in [0.05, 0.1) is 20.8 Å². The molecule has 32 heavy (non-hydrogen) atoms. The van der Waals surface area contributed by atoms with Gasteiger partial charge in [-0.3, -0.25) is 9.59 Å². The van der Waals surface area contributed by atoms with Crippen LogP contribution in [0.15, 0.2) is 48.7 Å². The molecule has 3 N–H and O–H groups in total. The molecule has 1 aliphatic carbocycles. The van der Waals surface area contributed by atoms with Crippen LogP contribution in [-0.2, 0) is 9.59 Å². The Morgan fingerprint density at radius 3 is 2.56 bits per heavy atom. The summed E-state index contributed by atoms with van der Waals surface area (Å²) in [5, 5.41) is 6.80. The Kier molecular flexibility index (Phi) is 6.35. The number of rotatable bonds is 9. The maximum Gasteiger partial charge on any atom is 0.239 e. The number of hydrogen-bond donors (Lipinski definition) is 3. The number of carbonyl (C=O) groups excluding carboxylic acids is 2. The van der Waals surface area contributed by atoms with Gasteiger partial charge in [-0.1, -0.05) is 37.3 Å². The fourth-order valence-corrected chi connectivity index (χ4v) is 4.22. The van der Waals surface area contributed by atoms with Gasteiger partial charge >= 0.3 is 0 Å². The molecule has 0 aliphatic heterocycles. The highest BCUT2D eigenvalue weighted by Gasteiger charge is 2.39. The van der Waals surface area contributed by atoms with Gasteiger partial charge in [0.2, 0.25) is 11.8 Å². The average Bonchev–Trinajstić information content (AvgIpc) is 3.40. The standard InChI is InChI=1S/C25H29N3O4/c1-15-11-18(15)25(30)28-14-23(29)27-13-20(17-8-6-10-22(31-2)24(17)32-3)19-12-26-21-9-5-4-7-16(19)21/h4-10,12,15,18,20,26H,11,13-14H2,1-3H3,(H,27,29)(H,28,30)/t15-,18-,20+/m1/s1. The number of aromatic amines is 1. The fraction of sp³-hybridized carbons (Fsp3) is 0.360. The molecule has 1 saturated carbocycles. The monoisotopic (exact) mass is 435 g/mol. The number of nitrogens with one attached hydrogen (secondary N) is 3. The predicted molar refractivity (Wildman–Crippen MR) is 123 cm³/mol. The SMILES string of the molecule is COc1cccc([C@H](CNC(=O)CNC(=O)[C@@H]2C[C@H]2C)c2c[nH]c3ccccc23)c1OC. The summed E-state index contributed by atoms with van der Waals surface area (Å²) < 4.78 is 11.2. The number of para-hydroxylation sites is 2. The van der Waals surface area contributed by atoms with Crippen LogP contribution in [0.5, 0.6) is 11.5 Å². The number of benzene rings is 2. The van der Waals surface area contributed by atoms with E-state index in [1.165, 1.54) is 0 Å². The van der Waals surface area contributed by atoms with E-state index in [2.05, 4.69) is 21.7 Å². The van der Waals surface area contributed by atoms with E-state index in [-0.39, 0.29) is 30.2 Å². The molecule has 0 bridgehead atoms. The van der Waals surface area contributed by atoms with Crippen molar-refractivity contribution in [3.8, 4) is 11.5 Å². The first-order valence-corrected chi connectivity index (χ1v) is 10.8. The lowest BCUT2D eigenvalue weighted by Crippen LogP contribution is -2.39. The molecule has 1 heterocycles. The Balaban J connectivity index is 1.57. The summed E-state index contributed by atoms with van der Waals surface area (Å²) in [6.45, 7) is 2.36. The van der Waals surface area contributed by atoms with Crippen molar-refractivity contribution in [2.45, 2.75) is 19.3 Å². The van der Waals surface area contributed by atoms with Crippen LogP contribution in [0.25, 0.3) is 10.9 Å². The number of carbonyl (C=O) groups is 2. The highest BCUT2D eigenvalue weighted by molar-refractivity contribution is 5.87. The summed E-state index contributed by atoms with van der Waals surface area (Å²) >= 11 is 0. The largest absolute Gasteiger partial charge is 0.493 e. The van der Waals surface area contributed by atoms with E-state index in [1.807, 2.05) is 49.5 Å². The highest BCUT2D eigenvalue weighted by atomic mass is 16.5. The molecule has 3 atom stereocenters. The Bertz CT molecular complexity index is 1120. The second kappa shape index (κ2) is 9.34. The third kappa shape index (κ3) is 4.42. The van der Waals surface area contributed by atoms with Gasteiger partial charge in [0.25, 0.3) is 0 Å². The summed E-state index contributed by atoms with van der Waals surface area (Å²) in [7, 11) is 3.22. The van der Waals surface area contributed by atoms with Crippen molar-refractivity contribution >= 4 is 22.7 Å². The van der Waals surface area contributed by atoms with Crippen LogP contribution < -0.4 is 20.1 Å². The minimum Gasteiger partial charge on any atom is -0.493 e. The van der Waals surface area contributed by atoms with Crippen molar-refractivity contribution in [3.63, 3.8) is 0 Å². The molecule has 3 aromatic rings. The first-order valence-electron chi connectivity index (χ1n) is 10.8. The van der Waals surface area contributed by atoms with E-state index in [1.54, 1.807) is 14.2 Å². The minimum absolute atomic E-state index is 0.0299. The van der Waals surface area contributed by atoms with Crippen LogP contribution in [0.4, 0.5) is 0 Å². The van der Waals surface area contributed by atoms with Gasteiger partial charge in [0.1, 0.15) is 0 Å². The number of hydrogen-bond acceptors (Lipinski definition) is 4. The number of aromatic nitrogens is 1. The zero-order valence-electron chi connectivity index (χ0n) is 18.6. The summed E-state index contributed by atoms with van der Waals surface area (Å²) in [6.07, 6.45) is 2.86. The molecule has 2 amide bonds. The molecule has 0 unspecified atom stereocenters. The molecule has 7 heteroatoms. The number of ether oxygens (including phenoxy) is 2. The lowest BCUT2D eigenvalue weighted by molar-refractivity contribution is -0.127. The molecule has 7 nitrogen and oxygen atoms in total. The van der Waals surface area contributed by atoms with Gasteiger partial charge in [-0.15, -0.1) is 0 Å². The van der Waals surface area contributed by atoms with Crippen LogP contribution in [0.2, 0.25) is 0 Å². The van der Waals surface area contributed by atoms with E-state index in [0.717, 1.165) is 28.5 Å². The van der Waals surface area contributed by atoms with E-state index in [0.29, 0.717) is 24.0 Å². The molecule has 1 fully saturated rings. The smallest absolute Gasteiger partial charge is 0.239 e. The summed E-state index contributed by atoms with van der Waals surface area (Å²) in [6, 6.07) is 13.8. The number of fused-ring (bicyclic) bond motifs is 1. The first-order chi connectivity index (χ1) is 15.5. The van der Waals surface area contributed by atoms with Crippen LogP contribution in [0, 0.1) is 11.8 Å². The van der Waals surface area contributed by atoms with E-state index in [9.17, 15) is 9.59 Å². The topological polar surface area (TPSA) is 92.5 Å². The van der Waals surface area contributed by atoms with Crippen molar-refractivity contribution in [1.29, 1.82) is 0 Å². The van der Waals surface area contributed by atoms with Gasteiger partial charge in [0.15, 0.2) is 11.5 Å². The van der Waals surface area contributed by atoms with Crippen molar-refractivity contribution in [2.24, 2.45) is 11.8 Å². The quantitative estimate of drug-likeness (QED) is 0.481. The molecule has 1 aromatic heterocycles. The van der Waals surface area contributed by atoms with Crippen LogP contribution in [0.1, 0.15) is 30.4 Å². The first kappa shape index (κ1) is 21.7. The van der Waals surface area contributed by atoms with E-state index in [4.69, 9.17) is 9.47 Å². The van der Waals surface area contributed by atoms with Gasteiger partial charge < -0.3 is 25.1 Å². The normalized spacial score (nSPS) is 18.1. The molecule has 4 rings (SSSR count). The molecule has 0 saturated heterocycles. The maximum atomic E-state index is 12.5. The predicted octanol–water partition coefficient (Wildman–Crippen LogP) is 3.21. The third-order valence-corrected chi connectivity index (χ3v) is 6.18. The molecule has 168 valence electrons. The maximum absolute atomic E-state index is 12.5. The Morgan fingerprint density at radius 2 is 1.84 bits per heavy atom. The van der Waals surface area contributed by atoms with Crippen LogP contribution in [0.3, 0.4) is 0 Å². The lowest BCUT2D eigenvalue weighted by atomic mass is 9.90. The number of H-pyrrole nitrogens is 1. The van der Waals surface area contributed by atoms with E-state index >= 15 is 0 Å². The molecule has 2 aromatic carbocycles. The highest BCUT2D eigenvalue weighted by Crippen LogP contribution is 2.40. The van der Waals surface area contributed by atoms with Gasteiger partial charge in [-0.05, 0) is 30.0 Å². The van der Waals surface area contributed by atoms with Crippen LogP contribution in [-0.4, -0.2) is 44.1 Å². The Hall–Kier alpha value is -3.48. The average molecular weight is 436 g/mol. The zero-order chi connectivity index (χ0) is 22.7. The second-order valence-corrected chi connectivity index (χ2v) is 8.27. The van der Waals surface area contributed by atoms with Crippen molar-refractivity contribution < 1.29 is 19.1 Å². The molecular formula is C25H29N3O4. The Morgan fingerprint density at radius 1 is 1.06 bits per heavy atom. The number of methoxy groups -OCH3 is 2.